The van der Waals surface area contributed by atoms with Gasteiger partial charge in [-0.1, -0.05) is 11.6 Å². The summed E-state index contributed by atoms with van der Waals surface area (Å²) >= 11 is 5.68. The van der Waals surface area contributed by atoms with E-state index in [-0.39, 0.29) is 22.0 Å². The van der Waals surface area contributed by atoms with Gasteiger partial charge in [-0.3, -0.25) is 19.6 Å². The number of aryl methyl sites for hydroxylation is 1. The molecule has 0 radical (unpaired) electrons. The Bertz CT molecular complexity index is 773. The number of nitrogens with one attached hydrogen (secondary N) is 1. The molecule has 10 heteroatoms. The Labute approximate surface area is 134 Å². The van der Waals surface area contributed by atoms with Crippen LogP contribution in [0.5, 0.6) is 0 Å². The predicted octanol–water partition coefficient (Wildman–Crippen LogP) is 1.78. The number of benzene rings is 1. The maximum atomic E-state index is 11.7. The molecular weight excluding hydrogens is 328 g/mol. The fraction of sp³-hybridized carbons (Fsp3) is 0.154. The van der Waals surface area contributed by atoms with E-state index >= 15 is 0 Å². The molecule has 0 atom stereocenters. The lowest BCUT2D eigenvalue weighted by atomic mass is 10.2. The van der Waals surface area contributed by atoms with Crippen LogP contribution in [0.1, 0.15) is 10.4 Å². The number of hydrogen-bond acceptors (Lipinski definition) is 6. The third-order valence-electron chi connectivity index (χ3n) is 2.71. The summed E-state index contributed by atoms with van der Waals surface area (Å²) in [5.74, 6) is -1.44. The molecule has 120 valence electrons. The molecule has 2 aromatic rings. The molecule has 23 heavy (non-hydrogen) atoms. The van der Waals surface area contributed by atoms with E-state index < -0.39 is 23.4 Å². The van der Waals surface area contributed by atoms with Crippen molar-refractivity contribution in [2.45, 2.75) is 0 Å². The van der Waals surface area contributed by atoms with Crippen LogP contribution in [-0.2, 0) is 16.6 Å². The van der Waals surface area contributed by atoms with Crippen LogP contribution in [0.25, 0.3) is 0 Å². The summed E-state index contributed by atoms with van der Waals surface area (Å²) in [6.45, 7) is -0.590. The van der Waals surface area contributed by atoms with Gasteiger partial charge in [0.05, 0.1) is 16.7 Å². The first-order valence-electron chi connectivity index (χ1n) is 6.26. The minimum Gasteiger partial charge on any atom is -0.452 e. The first kappa shape index (κ1) is 16.4. The van der Waals surface area contributed by atoms with Crippen LogP contribution in [0.3, 0.4) is 0 Å². The standard InChI is InChI=1S/C13H11ClN4O5/c1-17-6-8(5-15-17)13(20)23-7-12(19)16-10-3-2-9(14)4-11(10)18(21)22/h2-6H,7H2,1H3,(H,16,19). The van der Waals surface area contributed by atoms with Crippen LogP contribution in [0.4, 0.5) is 11.4 Å². The first-order valence-corrected chi connectivity index (χ1v) is 6.64. The molecule has 2 rings (SSSR count). The molecule has 0 aliphatic rings. The van der Waals surface area contributed by atoms with Gasteiger partial charge in [0.2, 0.25) is 0 Å². The number of ether oxygens (including phenoxy) is 1. The van der Waals surface area contributed by atoms with Crippen molar-refractivity contribution in [2.24, 2.45) is 7.05 Å². The number of anilines is 1. The van der Waals surface area contributed by atoms with E-state index in [9.17, 15) is 19.7 Å². The quantitative estimate of drug-likeness (QED) is 0.504. The molecule has 9 nitrogen and oxygen atoms in total. The number of carbonyl (C=O) groups excluding carboxylic acids is 2. The number of rotatable bonds is 5. The molecule has 0 aliphatic heterocycles. The fourth-order valence-electron chi connectivity index (χ4n) is 1.69. The zero-order chi connectivity index (χ0) is 17.0. The lowest BCUT2D eigenvalue weighted by molar-refractivity contribution is -0.383. The summed E-state index contributed by atoms with van der Waals surface area (Å²) in [6, 6.07) is 3.80. The van der Waals surface area contributed by atoms with E-state index in [4.69, 9.17) is 16.3 Å². The smallest absolute Gasteiger partial charge is 0.341 e. The summed E-state index contributed by atoms with van der Waals surface area (Å²) in [4.78, 5) is 33.6. The Balaban J connectivity index is 1.97. The van der Waals surface area contributed by atoms with Gasteiger partial charge >= 0.3 is 5.97 Å². The number of aromatic nitrogens is 2. The molecule has 0 bridgehead atoms. The molecule has 0 fully saturated rings. The Hall–Kier alpha value is -2.94. The second-order valence-electron chi connectivity index (χ2n) is 4.45. The molecule has 1 aromatic heterocycles. The molecule has 1 heterocycles. The van der Waals surface area contributed by atoms with Crippen molar-refractivity contribution in [3.05, 3.63) is 51.3 Å². The zero-order valence-electron chi connectivity index (χ0n) is 11.9. The van der Waals surface area contributed by atoms with E-state index in [1.807, 2.05) is 0 Å². The van der Waals surface area contributed by atoms with Crippen molar-refractivity contribution in [3.63, 3.8) is 0 Å². The number of nitro groups is 1. The van der Waals surface area contributed by atoms with Gasteiger partial charge in [0.15, 0.2) is 6.61 Å². The highest BCUT2D eigenvalue weighted by Gasteiger charge is 2.18. The van der Waals surface area contributed by atoms with E-state index in [0.717, 1.165) is 6.07 Å². The lowest BCUT2D eigenvalue weighted by Crippen LogP contribution is -2.21. The monoisotopic (exact) mass is 338 g/mol. The number of hydrogen-bond donors (Lipinski definition) is 1. The summed E-state index contributed by atoms with van der Waals surface area (Å²) in [6.07, 6.45) is 2.73. The molecule has 0 saturated heterocycles. The van der Waals surface area contributed by atoms with Gasteiger partial charge in [-0.2, -0.15) is 5.10 Å². The molecule has 1 N–H and O–H groups in total. The van der Waals surface area contributed by atoms with Crippen molar-refractivity contribution in [3.8, 4) is 0 Å². The minimum absolute atomic E-state index is 0.0400. The SMILES string of the molecule is Cn1cc(C(=O)OCC(=O)Nc2ccc(Cl)cc2[N+](=O)[O-])cn1. The average Bonchev–Trinajstić information content (AvgIpc) is 2.93. The normalized spacial score (nSPS) is 10.2. The van der Waals surface area contributed by atoms with Gasteiger partial charge in [0.1, 0.15) is 5.69 Å². The Morgan fingerprint density at radius 3 is 2.83 bits per heavy atom. The molecule has 1 amide bonds. The van der Waals surface area contributed by atoms with Crippen molar-refractivity contribution < 1.29 is 19.2 Å². The summed E-state index contributed by atoms with van der Waals surface area (Å²) < 4.78 is 6.21. The van der Waals surface area contributed by atoms with Crippen LogP contribution in [-0.4, -0.2) is 33.2 Å². The molecule has 0 unspecified atom stereocenters. The molecule has 0 aliphatic carbocycles. The highest BCUT2D eigenvalue weighted by Crippen LogP contribution is 2.27. The first-order chi connectivity index (χ1) is 10.9. The van der Waals surface area contributed by atoms with Crippen molar-refractivity contribution in [2.75, 3.05) is 11.9 Å². The van der Waals surface area contributed by atoms with Crippen LogP contribution in [0.15, 0.2) is 30.6 Å². The van der Waals surface area contributed by atoms with Crippen LogP contribution in [0, 0.1) is 10.1 Å². The van der Waals surface area contributed by atoms with E-state index in [1.54, 1.807) is 7.05 Å². The molecule has 1 aromatic carbocycles. The highest BCUT2D eigenvalue weighted by molar-refractivity contribution is 6.31. The second-order valence-corrected chi connectivity index (χ2v) is 4.88. The lowest BCUT2D eigenvalue weighted by Gasteiger charge is -2.06. The Kier molecular flexibility index (Phi) is 4.91. The van der Waals surface area contributed by atoms with Crippen LogP contribution >= 0.6 is 11.6 Å². The van der Waals surface area contributed by atoms with Crippen LogP contribution in [0.2, 0.25) is 5.02 Å². The third kappa shape index (κ3) is 4.27. The van der Waals surface area contributed by atoms with E-state index in [2.05, 4.69) is 10.4 Å². The van der Waals surface area contributed by atoms with Crippen molar-refractivity contribution >= 4 is 34.9 Å². The summed E-state index contributed by atoms with van der Waals surface area (Å²) in [7, 11) is 1.63. The summed E-state index contributed by atoms with van der Waals surface area (Å²) in [5, 5.41) is 17.2. The number of nitro benzene ring substituents is 1. The number of carbonyl (C=O) groups is 2. The fourth-order valence-corrected chi connectivity index (χ4v) is 1.86. The van der Waals surface area contributed by atoms with Gasteiger partial charge in [-0.15, -0.1) is 0 Å². The van der Waals surface area contributed by atoms with Gasteiger partial charge in [-0.05, 0) is 12.1 Å². The van der Waals surface area contributed by atoms with Gasteiger partial charge < -0.3 is 10.1 Å². The molecule has 0 spiro atoms. The van der Waals surface area contributed by atoms with Gasteiger partial charge in [-0.25, -0.2) is 4.79 Å². The maximum absolute atomic E-state index is 11.7. The third-order valence-corrected chi connectivity index (χ3v) is 2.94. The van der Waals surface area contributed by atoms with E-state index in [0.29, 0.717) is 0 Å². The number of nitrogens with zero attached hydrogens (tertiary/aromatic N) is 3. The average molecular weight is 339 g/mol. The van der Waals surface area contributed by atoms with Crippen molar-refractivity contribution in [1.82, 2.24) is 9.78 Å². The highest BCUT2D eigenvalue weighted by atomic mass is 35.5. The summed E-state index contributed by atoms with van der Waals surface area (Å²) in [5.41, 5.74) is -0.205. The number of halogens is 1. The number of esters is 1. The molecular formula is C13H11ClN4O5. The second kappa shape index (κ2) is 6.88. The Morgan fingerprint density at radius 1 is 1.48 bits per heavy atom. The predicted molar refractivity (Wildman–Crippen MR) is 80.2 cm³/mol. The largest absolute Gasteiger partial charge is 0.452 e. The Morgan fingerprint density at radius 2 is 2.22 bits per heavy atom. The van der Waals surface area contributed by atoms with Gasteiger partial charge in [0, 0.05) is 24.3 Å². The van der Waals surface area contributed by atoms with Crippen LogP contribution < -0.4 is 5.32 Å². The van der Waals surface area contributed by atoms with Crippen molar-refractivity contribution in [1.29, 1.82) is 0 Å². The topological polar surface area (TPSA) is 116 Å². The maximum Gasteiger partial charge on any atom is 0.341 e. The van der Waals surface area contributed by atoms with Gasteiger partial charge in [0.25, 0.3) is 11.6 Å². The number of amides is 1. The van der Waals surface area contributed by atoms with E-state index in [1.165, 1.54) is 29.2 Å². The zero-order valence-corrected chi connectivity index (χ0v) is 12.6. The molecule has 0 saturated carbocycles. The minimum atomic E-state index is -0.723.